The fourth-order valence-electron chi connectivity index (χ4n) is 1.81. The molecule has 1 aliphatic rings. The van der Waals surface area contributed by atoms with Crippen molar-refractivity contribution in [1.29, 1.82) is 0 Å². The molecule has 1 heterocycles. The van der Waals surface area contributed by atoms with Crippen molar-refractivity contribution in [2.75, 3.05) is 0 Å². The van der Waals surface area contributed by atoms with Gasteiger partial charge in [-0.2, -0.15) is 0 Å². The molecule has 1 aliphatic heterocycles. The fourth-order valence-corrected chi connectivity index (χ4v) is 2.00. The number of amides is 2. The molecule has 1 aromatic carbocycles. The lowest BCUT2D eigenvalue weighted by Crippen LogP contribution is -2.50. The third-order valence-corrected chi connectivity index (χ3v) is 3.23. The van der Waals surface area contributed by atoms with Gasteiger partial charge >= 0.3 is 0 Å². The summed E-state index contributed by atoms with van der Waals surface area (Å²) in [6, 6.07) is 4.08. The van der Waals surface area contributed by atoms with Crippen molar-refractivity contribution in [2.45, 2.75) is 25.4 Å². The van der Waals surface area contributed by atoms with Gasteiger partial charge in [0.1, 0.15) is 5.82 Å². The Balaban J connectivity index is 1.97. The van der Waals surface area contributed by atoms with Gasteiger partial charge in [0.2, 0.25) is 11.8 Å². The molecule has 1 fully saturated rings. The van der Waals surface area contributed by atoms with Gasteiger partial charge in [0.15, 0.2) is 0 Å². The summed E-state index contributed by atoms with van der Waals surface area (Å²) < 4.78 is 13.2. The number of carbonyl (C=O) groups excluding carboxylic acids is 2. The predicted octanol–water partition coefficient (Wildman–Crippen LogP) is 1.37. The van der Waals surface area contributed by atoms with Crippen LogP contribution in [0.4, 0.5) is 4.39 Å². The molecule has 0 radical (unpaired) electrons. The molecule has 4 nitrogen and oxygen atoms in total. The number of hydrogen-bond donors (Lipinski definition) is 2. The Kier molecular flexibility index (Phi) is 3.93. The number of nitrogens with one attached hydrogen (secondary N) is 2. The maximum atomic E-state index is 13.2. The summed E-state index contributed by atoms with van der Waals surface area (Å²) in [5, 5.41) is 5.26. The number of benzene rings is 1. The second-order valence-corrected chi connectivity index (χ2v) is 4.48. The molecule has 0 saturated carbocycles. The highest BCUT2D eigenvalue weighted by molar-refractivity contribution is 6.31. The van der Waals surface area contributed by atoms with Crippen LogP contribution in [0.2, 0.25) is 5.02 Å². The van der Waals surface area contributed by atoms with Gasteiger partial charge < -0.3 is 5.32 Å². The molecule has 2 rings (SSSR count). The summed E-state index contributed by atoms with van der Waals surface area (Å²) in [7, 11) is 0. The molecule has 1 aromatic rings. The fraction of sp³-hybridized carbons (Fsp3) is 0.333. The van der Waals surface area contributed by atoms with Crippen LogP contribution < -0.4 is 10.6 Å². The summed E-state index contributed by atoms with van der Waals surface area (Å²) in [4.78, 5) is 22.4. The van der Waals surface area contributed by atoms with Gasteiger partial charge in [0.05, 0.1) is 11.1 Å². The third-order valence-electron chi connectivity index (χ3n) is 2.81. The first-order valence-electron chi connectivity index (χ1n) is 5.58. The first kappa shape index (κ1) is 13.0. The van der Waals surface area contributed by atoms with Gasteiger partial charge in [-0.3, -0.25) is 14.9 Å². The molecule has 2 N–H and O–H groups in total. The molecule has 96 valence electrons. The van der Waals surface area contributed by atoms with Crippen LogP contribution >= 0.6 is 11.6 Å². The van der Waals surface area contributed by atoms with E-state index in [9.17, 15) is 14.0 Å². The SMILES string of the molecule is O=C1CCC(NCc2cccc(F)c2Cl)C(=O)N1. The Hall–Kier alpha value is -1.46. The molecule has 0 spiro atoms. The van der Waals surface area contributed by atoms with Crippen LogP contribution in [0.1, 0.15) is 18.4 Å². The van der Waals surface area contributed by atoms with E-state index in [0.717, 1.165) is 0 Å². The lowest BCUT2D eigenvalue weighted by atomic mass is 10.1. The van der Waals surface area contributed by atoms with Crippen LogP contribution in [-0.4, -0.2) is 17.9 Å². The first-order valence-corrected chi connectivity index (χ1v) is 5.95. The minimum Gasteiger partial charge on any atom is -0.302 e. The van der Waals surface area contributed by atoms with E-state index in [2.05, 4.69) is 10.6 Å². The minimum absolute atomic E-state index is 0.0530. The number of rotatable bonds is 3. The summed E-state index contributed by atoms with van der Waals surface area (Å²) in [5.41, 5.74) is 0.585. The molecular formula is C12H12ClFN2O2. The van der Waals surface area contributed by atoms with Gasteiger partial charge in [0, 0.05) is 13.0 Å². The van der Waals surface area contributed by atoms with E-state index in [-0.39, 0.29) is 23.4 Å². The van der Waals surface area contributed by atoms with Gasteiger partial charge in [-0.1, -0.05) is 23.7 Å². The van der Waals surface area contributed by atoms with E-state index in [1.807, 2.05) is 0 Å². The second kappa shape index (κ2) is 5.46. The van der Waals surface area contributed by atoms with Gasteiger partial charge in [-0.25, -0.2) is 4.39 Å². The molecule has 0 bridgehead atoms. The number of hydrogen-bond acceptors (Lipinski definition) is 3. The van der Waals surface area contributed by atoms with Crippen molar-refractivity contribution in [2.24, 2.45) is 0 Å². The largest absolute Gasteiger partial charge is 0.302 e. The first-order chi connectivity index (χ1) is 8.58. The summed E-state index contributed by atoms with van der Waals surface area (Å²) in [6.07, 6.45) is 0.748. The monoisotopic (exact) mass is 270 g/mol. The summed E-state index contributed by atoms with van der Waals surface area (Å²) in [5.74, 6) is -1.10. The van der Waals surface area contributed by atoms with E-state index in [1.165, 1.54) is 6.07 Å². The lowest BCUT2D eigenvalue weighted by Gasteiger charge is -2.22. The molecule has 2 amide bonds. The Bertz CT molecular complexity index is 493. The smallest absolute Gasteiger partial charge is 0.243 e. The normalized spacial score (nSPS) is 19.8. The minimum atomic E-state index is -0.487. The average Bonchev–Trinajstić information content (AvgIpc) is 2.33. The molecular weight excluding hydrogens is 259 g/mol. The van der Waals surface area contributed by atoms with Crippen LogP contribution in [0, 0.1) is 5.82 Å². The molecule has 18 heavy (non-hydrogen) atoms. The molecule has 1 saturated heterocycles. The Morgan fingerprint density at radius 3 is 2.94 bits per heavy atom. The Morgan fingerprint density at radius 2 is 2.22 bits per heavy atom. The van der Waals surface area contributed by atoms with Gasteiger partial charge in [0.25, 0.3) is 0 Å². The van der Waals surface area contributed by atoms with E-state index in [0.29, 0.717) is 18.4 Å². The highest BCUT2D eigenvalue weighted by atomic mass is 35.5. The quantitative estimate of drug-likeness (QED) is 0.816. The highest BCUT2D eigenvalue weighted by Gasteiger charge is 2.26. The molecule has 0 aromatic heterocycles. The van der Waals surface area contributed by atoms with Crippen molar-refractivity contribution in [3.63, 3.8) is 0 Å². The highest BCUT2D eigenvalue weighted by Crippen LogP contribution is 2.19. The van der Waals surface area contributed by atoms with Crippen molar-refractivity contribution >= 4 is 23.4 Å². The Labute approximate surface area is 109 Å². The maximum absolute atomic E-state index is 13.2. The zero-order chi connectivity index (χ0) is 13.1. The van der Waals surface area contributed by atoms with Gasteiger partial charge in [-0.15, -0.1) is 0 Å². The van der Waals surface area contributed by atoms with E-state index < -0.39 is 11.9 Å². The molecule has 1 unspecified atom stereocenters. The number of piperidine rings is 1. The van der Waals surface area contributed by atoms with E-state index >= 15 is 0 Å². The van der Waals surface area contributed by atoms with Gasteiger partial charge in [-0.05, 0) is 18.1 Å². The van der Waals surface area contributed by atoms with E-state index in [4.69, 9.17) is 11.6 Å². The summed E-state index contributed by atoms with van der Waals surface area (Å²) >= 11 is 5.80. The van der Waals surface area contributed by atoms with Crippen LogP contribution in [0.15, 0.2) is 18.2 Å². The Morgan fingerprint density at radius 1 is 1.44 bits per heavy atom. The van der Waals surface area contributed by atoms with Crippen molar-refractivity contribution in [3.05, 3.63) is 34.6 Å². The van der Waals surface area contributed by atoms with E-state index in [1.54, 1.807) is 12.1 Å². The van der Waals surface area contributed by atoms with Crippen LogP contribution in [0.25, 0.3) is 0 Å². The van der Waals surface area contributed by atoms with Crippen molar-refractivity contribution < 1.29 is 14.0 Å². The summed E-state index contributed by atoms with van der Waals surface area (Å²) in [6.45, 7) is 0.281. The lowest BCUT2D eigenvalue weighted by molar-refractivity contribution is -0.134. The zero-order valence-corrected chi connectivity index (χ0v) is 10.3. The standard InChI is InChI=1S/C12H12ClFN2O2/c13-11-7(2-1-3-8(11)14)6-15-9-4-5-10(17)16-12(9)18/h1-3,9,15H,4-6H2,(H,16,17,18). The number of imide groups is 1. The van der Waals surface area contributed by atoms with Crippen molar-refractivity contribution in [3.8, 4) is 0 Å². The third kappa shape index (κ3) is 2.86. The molecule has 0 aliphatic carbocycles. The number of halogens is 2. The van der Waals surface area contributed by atoms with Crippen LogP contribution in [0.5, 0.6) is 0 Å². The molecule has 1 atom stereocenters. The number of carbonyl (C=O) groups is 2. The maximum Gasteiger partial charge on any atom is 0.243 e. The predicted molar refractivity (Wildman–Crippen MR) is 64.4 cm³/mol. The van der Waals surface area contributed by atoms with Crippen LogP contribution in [-0.2, 0) is 16.1 Å². The molecule has 6 heteroatoms. The second-order valence-electron chi connectivity index (χ2n) is 4.10. The van der Waals surface area contributed by atoms with Crippen LogP contribution in [0.3, 0.4) is 0 Å². The average molecular weight is 271 g/mol. The van der Waals surface area contributed by atoms with Crippen molar-refractivity contribution in [1.82, 2.24) is 10.6 Å². The topological polar surface area (TPSA) is 58.2 Å². The zero-order valence-electron chi connectivity index (χ0n) is 9.50.